The van der Waals surface area contributed by atoms with Gasteiger partial charge in [-0.2, -0.15) is 0 Å². The van der Waals surface area contributed by atoms with Gasteiger partial charge in [0, 0.05) is 5.69 Å². The Morgan fingerprint density at radius 1 is 1.33 bits per heavy atom. The molecule has 0 aliphatic heterocycles. The zero-order valence-corrected chi connectivity index (χ0v) is 9.99. The van der Waals surface area contributed by atoms with Crippen molar-refractivity contribution < 1.29 is 0 Å². The Morgan fingerprint density at radius 2 is 2.00 bits per heavy atom. The van der Waals surface area contributed by atoms with Crippen molar-refractivity contribution in [3.8, 4) is 0 Å². The SMILES string of the molecule is C/C=C(\C=C/N)c1cccc(C)n1.CC. The molecule has 0 aliphatic rings. The quantitative estimate of drug-likeness (QED) is 0.751. The number of aryl methyl sites for hydroxylation is 1. The van der Waals surface area contributed by atoms with E-state index in [1.165, 1.54) is 6.20 Å². The molecule has 0 saturated heterocycles. The summed E-state index contributed by atoms with van der Waals surface area (Å²) in [5.74, 6) is 0. The molecule has 0 bridgehead atoms. The first kappa shape index (κ1) is 13.4. The fourth-order valence-corrected chi connectivity index (χ4v) is 1.14. The van der Waals surface area contributed by atoms with Crippen molar-refractivity contribution in [2.75, 3.05) is 0 Å². The zero-order valence-electron chi connectivity index (χ0n) is 9.99. The van der Waals surface area contributed by atoms with Crippen molar-refractivity contribution in [2.45, 2.75) is 27.7 Å². The van der Waals surface area contributed by atoms with Crippen molar-refractivity contribution in [3.05, 3.63) is 47.9 Å². The van der Waals surface area contributed by atoms with Crippen LogP contribution in [0.5, 0.6) is 0 Å². The molecular formula is C13H20N2. The molecule has 15 heavy (non-hydrogen) atoms. The van der Waals surface area contributed by atoms with Crippen molar-refractivity contribution in [1.82, 2.24) is 4.98 Å². The van der Waals surface area contributed by atoms with E-state index in [-0.39, 0.29) is 0 Å². The number of pyridine rings is 1. The lowest BCUT2D eigenvalue weighted by molar-refractivity contribution is 1.17. The molecule has 2 heteroatoms. The molecule has 1 aromatic heterocycles. The van der Waals surface area contributed by atoms with Crippen LogP contribution in [0.3, 0.4) is 0 Å². The predicted molar refractivity (Wildman–Crippen MR) is 67.3 cm³/mol. The molecule has 2 N–H and O–H groups in total. The number of rotatable bonds is 2. The van der Waals surface area contributed by atoms with Gasteiger partial charge >= 0.3 is 0 Å². The van der Waals surface area contributed by atoms with Crippen LogP contribution in [0.2, 0.25) is 0 Å². The van der Waals surface area contributed by atoms with Crippen LogP contribution in [0.25, 0.3) is 5.57 Å². The van der Waals surface area contributed by atoms with Gasteiger partial charge in [0.15, 0.2) is 0 Å². The van der Waals surface area contributed by atoms with E-state index in [1.807, 2.05) is 58.0 Å². The lowest BCUT2D eigenvalue weighted by Crippen LogP contribution is -1.89. The molecule has 0 amide bonds. The van der Waals surface area contributed by atoms with E-state index in [0.29, 0.717) is 0 Å². The van der Waals surface area contributed by atoms with Gasteiger partial charge in [-0.1, -0.05) is 26.0 Å². The van der Waals surface area contributed by atoms with Gasteiger partial charge in [-0.25, -0.2) is 0 Å². The summed E-state index contributed by atoms with van der Waals surface area (Å²) >= 11 is 0. The second kappa shape index (κ2) is 7.80. The van der Waals surface area contributed by atoms with E-state index >= 15 is 0 Å². The molecule has 0 fully saturated rings. The highest BCUT2D eigenvalue weighted by molar-refractivity contribution is 5.71. The summed E-state index contributed by atoms with van der Waals surface area (Å²) in [6.45, 7) is 7.95. The second-order valence-corrected chi connectivity index (χ2v) is 2.77. The first-order chi connectivity index (χ1) is 7.27. The molecule has 0 saturated carbocycles. The molecule has 0 unspecified atom stereocenters. The maximum absolute atomic E-state index is 5.33. The van der Waals surface area contributed by atoms with Crippen LogP contribution in [-0.4, -0.2) is 4.98 Å². The van der Waals surface area contributed by atoms with E-state index < -0.39 is 0 Å². The number of nitrogens with zero attached hydrogens (tertiary/aromatic N) is 1. The van der Waals surface area contributed by atoms with Gasteiger partial charge in [0.1, 0.15) is 0 Å². The number of allylic oxidation sites excluding steroid dienone is 3. The summed E-state index contributed by atoms with van der Waals surface area (Å²) in [7, 11) is 0. The third-order valence-corrected chi connectivity index (χ3v) is 1.77. The molecule has 0 atom stereocenters. The van der Waals surface area contributed by atoms with E-state index in [9.17, 15) is 0 Å². The standard InChI is InChI=1S/C11H14N2.C2H6/c1-3-10(7-8-12)11-6-4-5-9(2)13-11;1-2/h3-8H,12H2,1-2H3;1-2H3/b8-7-,10-3+;. The second-order valence-electron chi connectivity index (χ2n) is 2.77. The first-order valence-electron chi connectivity index (χ1n) is 5.26. The van der Waals surface area contributed by atoms with Gasteiger partial charge < -0.3 is 5.73 Å². The maximum Gasteiger partial charge on any atom is 0.0702 e. The highest BCUT2D eigenvalue weighted by atomic mass is 14.7. The first-order valence-corrected chi connectivity index (χ1v) is 5.26. The summed E-state index contributed by atoms with van der Waals surface area (Å²) in [6.07, 6.45) is 5.37. The van der Waals surface area contributed by atoms with E-state index in [4.69, 9.17) is 5.73 Å². The van der Waals surface area contributed by atoms with Gasteiger partial charge in [0.25, 0.3) is 0 Å². The van der Waals surface area contributed by atoms with Crippen molar-refractivity contribution in [2.24, 2.45) is 5.73 Å². The molecule has 0 spiro atoms. The zero-order chi connectivity index (χ0) is 11.7. The highest BCUT2D eigenvalue weighted by Crippen LogP contribution is 2.12. The molecule has 0 aliphatic carbocycles. The van der Waals surface area contributed by atoms with Gasteiger partial charge in [0.05, 0.1) is 5.69 Å². The van der Waals surface area contributed by atoms with Gasteiger partial charge in [-0.3, -0.25) is 4.98 Å². The summed E-state index contributed by atoms with van der Waals surface area (Å²) in [4.78, 5) is 4.39. The Labute approximate surface area is 92.5 Å². The number of aromatic nitrogens is 1. The maximum atomic E-state index is 5.33. The Bertz CT molecular complexity index is 338. The normalized spacial score (nSPS) is 11.1. The third kappa shape index (κ3) is 4.45. The van der Waals surface area contributed by atoms with Crippen LogP contribution in [0, 0.1) is 6.92 Å². The van der Waals surface area contributed by atoms with Gasteiger partial charge in [-0.15, -0.1) is 0 Å². The predicted octanol–water partition coefficient (Wildman–Crippen LogP) is 3.29. The third-order valence-electron chi connectivity index (χ3n) is 1.77. The topological polar surface area (TPSA) is 38.9 Å². The van der Waals surface area contributed by atoms with Crippen LogP contribution < -0.4 is 5.73 Å². The van der Waals surface area contributed by atoms with Crippen LogP contribution in [0.1, 0.15) is 32.2 Å². The molecule has 1 aromatic rings. The van der Waals surface area contributed by atoms with Crippen LogP contribution in [0.15, 0.2) is 36.6 Å². The molecule has 0 radical (unpaired) electrons. The number of hydrogen-bond acceptors (Lipinski definition) is 2. The summed E-state index contributed by atoms with van der Waals surface area (Å²) < 4.78 is 0. The Hall–Kier alpha value is -1.57. The highest BCUT2D eigenvalue weighted by Gasteiger charge is 1.97. The Balaban J connectivity index is 0.000000921. The van der Waals surface area contributed by atoms with Crippen LogP contribution >= 0.6 is 0 Å². The van der Waals surface area contributed by atoms with E-state index in [0.717, 1.165) is 17.0 Å². The van der Waals surface area contributed by atoms with Crippen LogP contribution in [-0.2, 0) is 0 Å². The van der Waals surface area contributed by atoms with Gasteiger partial charge in [-0.05, 0) is 43.8 Å². The van der Waals surface area contributed by atoms with Crippen molar-refractivity contribution in [1.29, 1.82) is 0 Å². The largest absolute Gasteiger partial charge is 0.405 e. The Kier molecular flexibility index (Phi) is 6.98. The van der Waals surface area contributed by atoms with E-state index in [2.05, 4.69) is 4.98 Å². The van der Waals surface area contributed by atoms with E-state index in [1.54, 1.807) is 0 Å². The minimum absolute atomic E-state index is 0.962. The average molecular weight is 204 g/mol. The van der Waals surface area contributed by atoms with Crippen molar-refractivity contribution in [3.63, 3.8) is 0 Å². The number of hydrogen-bond donors (Lipinski definition) is 1. The minimum atomic E-state index is 0.962. The summed E-state index contributed by atoms with van der Waals surface area (Å²) in [6, 6.07) is 5.94. The lowest BCUT2D eigenvalue weighted by atomic mass is 10.1. The fourth-order valence-electron chi connectivity index (χ4n) is 1.14. The molecular weight excluding hydrogens is 184 g/mol. The molecule has 82 valence electrons. The summed E-state index contributed by atoms with van der Waals surface area (Å²) in [5, 5.41) is 0. The Morgan fingerprint density at radius 3 is 2.47 bits per heavy atom. The number of nitrogens with two attached hydrogens (primary N) is 1. The lowest BCUT2D eigenvalue weighted by Gasteiger charge is -2.01. The van der Waals surface area contributed by atoms with Crippen LogP contribution in [0.4, 0.5) is 0 Å². The minimum Gasteiger partial charge on any atom is -0.405 e. The smallest absolute Gasteiger partial charge is 0.0702 e. The van der Waals surface area contributed by atoms with Crippen molar-refractivity contribution >= 4 is 5.57 Å². The molecule has 2 nitrogen and oxygen atoms in total. The monoisotopic (exact) mass is 204 g/mol. The molecule has 1 rings (SSSR count). The average Bonchev–Trinajstić information content (AvgIpc) is 2.28. The summed E-state index contributed by atoms with van der Waals surface area (Å²) in [5.41, 5.74) is 8.36. The van der Waals surface area contributed by atoms with Gasteiger partial charge in [0.2, 0.25) is 0 Å². The molecule has 1 heterocycles. The molecule has 0 aromatic carbocycles. The fraction of sp³-hybridized carbons (Fsp3) is 0.308.